The molecule has 3 rings (SSSR count). The molecular formula is C21H33N5. The summed E-state index contributed by atoms with van der Waals surface area (Å²) in [5.74, 6) is 1.48. The summed E-state index contributed by atoms with van der Waals surface area (Å²) in [5.41, 5.74) is 8.22. The fourth-order valence-electron chi connectivity index (χ4n) is 4.10. The zero-order valence-corrected chi connectivity index (χ0v) is 16.0. The van der Waals surface area contributed by atoms with Crippen molar-refractivity contribution in [1.29, 1.82) is 0 Å². The van der Waals surface area contributed by atoms with Crippen LogP contribution >= 0.6 is 0 Å². The third-order valence-electron chi connectivity index (χ3n) is 5.26. The Labute approximate surface area is 157 Å². The van der Waals surface area contributed by atoms with Crippen molar-refractivity contribution in [3.63, 3.8) is 0 Å². The minimum Gasteiger partial charge on any atom is -0.345 e. The second kappa shape index (κ2) is 9.21. The number of rotatable bonds is 7. The molecule has 0 bridgehead atoms. The molecule has 5 heteroatoms. The summed E-state index contributed by atoms with van der Waals surface area (Å²) < 4.78 is 0. The summed E-state index contributed by atoms with van der Waals surface area (Å²) >= 11 is 0. The van der Waals surface area contributed by atoms with Gasteiger partial charge in [-0.1, -0.05) is 30.9 Å². The van der Waals surface area contributed by atoms with E-state index in [4.69, 9.17) is 5.73 Å². The molecule has 2 aliphatic heterocycles. The largest absolute Gasteiger partial charge is 0.345 e. The van der Waals surface area contributed by atoms with Gasteiger partial charge in [-0.2, -0.15) is 0 Å². The lowest BCUT2D eigenvalue weighted by molar-refractivity contribution is 0.290. The van der Waals surface area contributed by atoms with E-state index in [-0.39, 0.29) is 0 Å². The molecule has 26 heavy (non-hydrogen) atoms. The molecule has 0 amide bonds. The molecule has 2 heterocycles. The van der Waals surface area contributed by atoms with Crippen LogP contribution in [0.5, 0.6) is 0 Å². The van der Waals surface area contributed by atoms with Crippen LogP contribution < -0.4 is 21.3 Å². The van der Waals surface area contributed by atoms with E-state index in [1.165, 1.54) is 11.4 Å². The molecule has 1 atom stereocenters. The molecule has 1 aromatic rings. The van der Waals surface area contributed by atoms with Crippen molar-refractivity contribution in [3.05, 3.63) is 54.5 Å². The Hall–Kier alpha value is -1.82. The number of nitrogens with two attached hydrogens (primary N) is 1. The first kappa shape index (κ1) is 19.0. The van der Waals surface area contributed by atoms with Gasteiger partial charge in [0.25, 0.3) is 0 Å². The highest BCUT2D eigenvalue weighted by Crippen LogP contribution is 2.25. The maximum Gasteiger partial charge on any atom is 0.103 e. The monoisotopic (exact) mass is 355 g/mol. The van der Waals surface area contributed by atoms with E-state index in [2.05, 4.69) is 70.5 Å². The number of nitrogens with one attached hydrogen (secondary N) is 2. The van der Waals surface area contributed by atoms with Gasteiger partial charge in [-0.15, -0.1) is 0 Å². The summed E-state index contributed by atoms with van der Waals surface area (Å²) in [5, 5.41) is 7.08. The molecule has 0 radical (unpaired) electrons. The number of piperidine rings is 1. The van der Waals surface area contributed by atoms with E-state index >= 15 is 0 Å². The summed E-state index contributed by atoms with van der Waals surface area (Å²) in [4.78, 5) is 4.74. The van der Waals surface area contributed by atoms with E-state index in [1.807, 2.05) is 0 Å². The molecule has 2 aliphatic rings. The number of hydrogen-bond donors (Lipinski definition) is 3. The van der Waals surface area contributed by atoms with Gasteiger partial charge < -0.3 is 26.2 Å². The van der Waals surface area contributed by atoms with Crippen LogP contribution in [0.3, 0.4) is 0 Å². The average Bonchev–Trinajstić information content (AvgIpc) is 2.63. The fourth-order valence-corrected chi connectivity index (χ4v) is 4.10. The highest BCUT2D eigenvalue weighted by Gasteiger charge is 2.25. The highest BCUT2D eigenvalue weighted by molar-refractivity contribution is 5.53. The van der Waals surface area contributed by atoms with Gasteiger partial charge in [-0.3, -0.25) is 0 Å². The molecule has 1 saturated heterocycles. The Kier molecular flexibility index (Phi) is 6.72. The quantitative estimate of drug-likeness (QED) is 0.699. The van der Waals surface area contributed by atoms with Crippen molar-refractivity contribution in [1.82, 2.24) is 15.5 Å². The second-order valence-corrected chi connectivity index (χ2v) is 7.48. The minimum absolute atomic E-state index is 0.473. The van der Waals surface area contributed by atoms with Gasteiger partial charge in [0, 0.05) is 30.5 Å². The van der Waals surface area contributed by atoms with Crippen molar-refractivity contribution in [2.24, 2.45) is 11.7 Å². The third-order valence-corrected chi connectivity index (χ3v) is 5.26. The molecule has 4 N–H and O–H groups in total. The standard InChI is InChI=1S/C21H33N5/c1-17(24-19-14-18(8-11-22)15-25(2)16-19)26(20-6-4-3-5-7-20)21-9-12-23-13-10-21/h3-7,14,18,21,23-24H,1,8-13,15-16,22H2,2H3. The van der Waals surface area contributed by atoms with Gasteiger partial charge in [-0.05, 0) is 64.0 Å². The highest BCUT2D eigenvalue weighted by atomic mass is 15.3. The van der Waals surface area contributed by atoms with Crippen LogP contribution in [0.1, 0.15) is 19.3 Å². The molecule has 5 nitrogen and oxygen atoms in total. The lowest BCUT2D eigenvalue weighted by atomic mass is 10.00. The van der Waals surface area contributed by atoms with Gasteiger partial charge in [0.05, 0.1) is 0 Å². The normalized spacial score (nSPS) is 21.9. The minimum atomic E-state index is 0.473. The van der Waals surface area contributed by atoms with Gasteiger partial charge in [-0.25, -0.2) is 0 Å². The summed E-state index contributed by atoms with van der Waals surface area (Å²) in [6, 6.07) is 11.1. The molecular weight excluding hydrogens is 322 g/mol. The zero-order valence-electron chi connectivity index (χ0n) is 16.0. The van der Waals surface area contributed by atoms with E-state index in [9.17, 15) is 0 Å². The van der Waals surface area contributed by atoms with Crippen LogP contribution in [-0.4, -0.2) is 50.7 Å². The topological polar surface area (TPSA) is 56.6 Å². The number of likely N-dealkylation sites (N-methyl/N-ethyl adjacent to an activating group) is 1. The first-order valence-corrected chi connectivity index (χ1v) is 9.77. The Morgan fingerprint density at radius 2 is 2.04 bits per heavy atom. The summed E-state index contributed by atoms with van der Waals surface area (Å²) in [6.07, 6.45) is 5.64. The van der Waals surface area contributed by atoms with Crippen molar-refractivity contribution in [2.45, 2.75) is 25.3 Å². The third kappa shape index (κ3) is 4.87. The van der Waals surface area contributed by atoms with Crippen molar-refractivity contribution >= 4 is 5.69 Å². The van der Waals surface area contributed by atoms with E-state index in [0.717, 1.165) is 57.8 Å². The Morgan fingerprint density at radius 3 is 2.73 bits per heavy atom. The number of para-hydroxylation sites is 1. The van der Waals surface area contributed by atoms with E-state index < -0.39 is 0 Å². The number of hydrogen-bond acceptors (Lipinski definition) is 5. The molecule has 142 valence electrons. The maximum absolute atomic E-state index is 5.77. The molecule has 0 spiro atoms. The van der Waals surface area contributed by atoms with E-state index in [0.29, 0.717) is 12.0 Å². The van der Waals surface area contributed by atoms with Gasteiger partial charge >= 0.3 is 0 Å². The number of anilines is 1. The SMILES string of the molecule is C=C(NC1=CC(CCN)CN(C)C1)N(c1ccccc1)C1CCNCC1. The first-order valence-electron chi connectivity index (χ1n) is 9.77. The average molecular weight is 356 g/mol. The van der Waals surface area contributed by atoms with Crippen molar-refractivity contribution in [2.75, 3.05) is 44.7 Å². The van der Waals surface area contributed by atoms with Crippen LogP contribution in [0.25, 0.3) is 0 Å². The predicted octanol–water partition coefficient (Wildman–Crippen LogP) is 2.10. The van der Waals surface area contributed by atoms with Gasteiger partial charge in [0.1, 0.15) is 5.82 Å². The molecule has 1 unspecified atom stereocenters. The Balaban J connectivity index is 1.77. The fraction of sp³-hybridized carbons (Fsp3) is 0.524. The Bertz CT molecular complexity index is 606. The van der Waals surface area contributed by atoms with Crippen molar-refractivity contribution < 1.29 is 0 Å². The van der Waals surface area contributed by atoms with Crippen LogP contribution in [0, 0.1) is 5.92 Å². The lowest BCUT2D eigenvalue weighted by Gasteiger charge is -2.39. The maximum atomic E-state index is 5.77. The molecule has 0 aliphatic carbocycles. The smallest absolute Gasteiger partial charge is 0.103 e. The molecule has 1 fully saturated rings. The molecule has 0 saturated carbocycles. The van der Waals surface area contributed by atoms with Crippen LogP contribution in [0.15, 0.2) is 54.5 Å². The predicted molar refractivity (Wildman–Crippen MR) is 110 cm³/mol. The number of benzene rings is 1. The van der Waals surface area contributed by atoms with Crippen LogP contribution in [0.4, 0.5) is 5.69 Å². The summed E-state index contributed by atoms with van der Waals surface area (Å²) in [6.45, 7) is 9.26. The molecule has 1 aromatic carbocycles. The molecule has 0 aromatic heterocycles. The lowest BCUT2D eigenvalue weighted by Crippen LogP contribution is -2.46. The van der Waals surface area contributed by atoms with Gasteiger partial charge in [0.2, 0.25) is 0 Å². The summed E-state index contributed by atoms with van der Waals surface area (Å²) in [7, 11) is 2.17. The van der Waals surface area contributed by atoms with E-state index in [1.54, 1.807) is 0 Å². The Morgan fingerprint density at radius 1 is 1.31 bits per heavy atom. The first-order chi connectivity index (χ1) is 12.7. The second-order valence-electron chi connectivity index (χ2n) is 7.48. The van der Waals surface area contributed by atoms with Crippen molar-refractivity contribution in [3.8, 4) is 0 Å². The van der Waals surface area contributed by atoms with Gasteiger partial charge in [0.15, 0.2) is 0 Å². The number of nitrogens with zero attached hydrogens (tertiary/aromatic N) is 2. The van der Waals surface area contributed by atoms with Crippen LogP contribution in [-0.2, 0) is 0 Å². The zero-order chi connectivity index (χ0) is 18.4. The van der Waals surface area contributed by atoms with Crippen LogP contribution in [0.2, 0.25) is 0 Å².